The molecule has 29 heavy (non-hydrogen) atoms. The van der Waals surface area contributed by atoms with Crippen LogP contribution in [0.15, 0.2) is 60.9 Å². The zero-order valence-corrected chi connectivity index (χ0v) is 16.5. The molecule has 1 aromatic carbocycles. The van der Waals surface area contributed by atoms with Crippen molar-refractivity contribution in [2.45, 2.75) is 24.5 Å². The van der Waals surface area contributed by atoms with Crippen molar-refractivity contribution in [1.82, 2.24) is 14.5 Å². The van der Waals surface area contributed by atoms with Gasteiger partial charge < -0.3 is 14.6 Å². The standard InChI is InChI=1S/C20H22F3N3O2S/c1-3-9-25(10-4-2)18(28)14-29-19-24-11-16(13-27)26(19)12-15-7-5-6-8-17(15)20(21,22)23/h3-8,11,27H,1-2,9-10,12-14H2. The summed E-state index contributed by atoms with van der Waals surface area (Å²) in [5.74, 6) is -0.129. The Labute approximate surface area is 171 Å². The highest BCUT2D eigenvalue weighted by Gasteiger charge is 2.33. The van der Waals surface area contributed by atoms with E-state index in [-0.39, 0.29) is 30.4 Å². The average Bonchev–Trinajstić information content (AvgIpc) is 3.07. The molecule has 0 fully saturated rings. The molecule has 0 atom stereocenters. The second kappa shape index (κ2) is 10.3. The van der Waals surface area contributed by atoms with E-state index in [0.717, 1.165) is 17.8 Å². The van der Waals surface area contributed by atoms with Crippen LogP contribution in [0, 0.1) is 0 Å². The molecule has 0 aliphatic heterocycles. The van der Waals surface area contributed by atoms with E-state index < -0.39 is 11.7 Å². The molecule has 0 aliphatic carbocycles. The highest BCUT2D eigenvalue weighted by atomic mass is 32.2. The molecule has 1 N–H and O–H groups in total. The van der Waals surface area contributed by atoms with Crippen molar-refractivity contribution in [1.29, 1.82) is 0 Å². The number of hydrogen-bond acceptors (Lipinski definition) is 4. The Balaban J connectivity index is 2.23. The fourth-order valence-electron chi connectivity index (χ4n) is 2.71. The van der Waals surface area contributed by atoms with Gasteiger partial charge in [0, 0.05) is 13.1 Å². The topological polar surface area (TPSA) is 58.4 Å². The highest BCUT2D eigenvalue weighted by molar-refractivity contribution is 7.99. The quantitative estimate of drug-likeness (QED) is 0.466. The molecule has 0 bridgehead atoms. The lowest BCUT2D eigenvalue weighted by Crippen LogP contribution is -2.32. The van der Waals surface area contributed by atoms with Gasteiger partial charge in [-0.3, -0.25) is 4.79 Å². The summed E-state index contributed by atoms with van der Waals surface area (Å²) in [5, 5.41) is 9.91. The van der Waals surface area contributed by atoms with Gasteiger partial charge in [0.1, 0.15) is 0 Å². The van der Waals surface area contributed by atoms with Crippen molar-refractivity contribution in [2.75, 3.05) is 18.8 Å². The Morgan fingerprint density at radius 3 is 2.48 bits per heavy atom. The number of alkyl halides is 3. The van der Waals surface area contributed by atoms with Crippen molar-refractivity contribution in [2.24, 2.45) is 0 Å². The predicted octanol–water partition coefficient (Wildman–Crippen LogP) is 3.74. The van der Waals surface area contributed by atoms with E-state index in [1.807, 2.05) is 0 Å². The first-order chi connectivity index (χ1) is 13.8. The lowest BCUT2D eigenvalue weighted by atomic mass is 10.1. The van der Waals surface area contributed by atoms with Crippen molar-refractivity contribution >= 4 is 17.7 Å². The first-order valence-electron chi connectivity index (χ1n) is 8.74. The highest BCUT2D eigenvalue weighted by Crippen LogP contribution is 2.33. The number of carbonyl (C=O) groups is 1. The van der Waals surface area contributed by atoms with Crippen LogP contribution in [0.3, 0.4) is 0 Å². The van der Waals surface area contributed by atoms with Crippen LogP contribution < -0.4 is 0 Å². The van der Waals surface area contributed by atoms with E-state index in [2.05, 4.69) is 18.1 Å². The number of carbonyl (C=O) groups excluding carboxylic acids is 1. The number of amides is 1. The molecule has 0 saturated carbocycles. The second-order valence-corrected chi connectivity index (χ2v) is 7.04. The van der Waals surface area contributed by atoms with Crippen LogP contribution in [0.1, 0.15) is 16.8 Å². The largest absolute Gasteiger partial charge is 0.416 e. The van der Waals surface area contributed by atoms with Crippen molar-refractivity contribution in [3.8, 4) is 0 Å². The number of thioether (sulfide) groups is 1. The number of benzene rings is 1. The molecule has 0 spiro atoms. The number of aliphatic hydroxyl groups excluding tert-OH is 1. The number of aromatic nitrogens is 2. The zero-order valence-electron chi connectivity index (χ0n) is 15.7. The van der Waals surface area contributed by atoms with E-state index in [4.69, 9.17) is 0 Å². The minimum absolute atomic E-state index is 0.0461. The molecule has 2 rings (SSSR count). The van der Waals surface area contributed by atoms with Gasteiger partial charge in [-0.05, 0) is 11.6 Å². The van der Waals surface area contributed by atoms with E-state index in [1.54, 1.807) is 17.1 Å². The Kier molecular flexibility index (Phi) is 8.10. The van der Waals surface area contributed by atoms with Crippen molar-refractivity contribution in [3.05, 3.63) is 72.6 Å². The van der Waals surface area contributed by atoms with Crippen molar-refractivity contribution < 1.29 is 23.1 Å². The number of halogens is 3. The number of nitrogens with zero attached hydrogens (tertiary/aromatic N) is 3. The monoisotopic (exact) mass is 425 g/mol. The molecule has 5 nitrogen and oxygen atoms in total. The van der Waals surface area contributed by atoms with Crippen LogP contribution in [0.4, 0.5) is 13.2 Å². The van der Waals surface area contributed by atoms with Crippen LogP contribution in [0.5, 0.6) is 0 Å². The fraction of sp³-hybridized carbons (Fsp3) is 0.300. The van der Waals surface area contributed by atoms with E-state index in [1.165, 1.54) is 29.0 Å². The maximum Gasteiger partial charge on any atom is 0.416 e. The van der Waals surface area contributed by atoms with Crippen LogP contribution in [0.25, 0.3) is 0 Å². The van der Waals surface area contributed by atoms with Gasteiger partial charge >= 0.3 is 6.18 Å². The molecular weight excluding hydrogens is 403 g/mol. The van der Waals surface area contributed by atoms with Gasteiger partial charge in [0.15, 0.2) is 5.16 Å². The smallest absolute Gasteiger partial charge is 0.390 e. The minimum atomic E-state index is -4.49. The summed E-state index contributed by atoms with van der Waals surface area (Å²) in [6.45, 7) is 7.45. The summed E-state index contributed by atoms with van der Waals surface area (Å²) in [6.07, 6.45) is 0.111. The molecule has 0 saturated heterocycles. The first-order valence-corrected chi connectivity index (χ1v) is 9.73. The predicted molar refractivity (Wildman–Crippen MR) is 106 cm³/mol. The summed E-state index contributed by atoms with van der Waals surface area (Å²) in [4.78, 5) is 18.1. The van der Waals surface area contributed by atoms with E-state index in [0.29, 0.717) is 23.9 Å². The Morgan fingerprint density at radius 1 is 1.24 bits per heavy atom. The van der Waals surface area contributed by atoms with Gasteiger partial charge in [0.05, 0.1) is 36.4 Å². The van der Waals surface area contributed by atoms with Gasteiger partial charge in [-0.1, -0.05) is 42.1 Å². The van der Waals surface area contributed by atoms with Gasteiger partial charge in [0.25, 0.3) is 0 Å². The number of imidazole rings is 1. The lowest BCUT2D eigenvalue weighted by molar-refractivity contribution is -0.138. The zero-order chi connectivity index (χ0) is 21.4. The third-order valence-corrected chi connectivity index (χ3v) is 5.07. The molecule has 0 radical (unpaired) electrons. The molecule has 1 heterocycles. The summed E-state index contributed by atoms with van der Waals surface area (Å²) >= 11 is 1.10. The van der Waals surface area contributed by atoms with Crippen molar-refractivity contribution in [3.63, 3.8) is 0 Å². The number of aliphatic hydroxyl groups is 1. The molecule has 0 aliphatic rings. The molecule has 0 unspecified atom stereocenters. The Bertz CT molecular complexity index is 855. The molecule has 9 heteroatoms. The van der Waals surface area contributed by atoms with E-state index >= 15 is 0 Å². The molecule has 156 valence electrons. The van der Waals surface area contributed by atoms with Gasteiger partial charge in [-0.25, -0.2) is 4.98 Å². The van der Waals surface area contributed by atoms with Gasteiger partial charge in [-0.15, -0.1) is 13.2 Å². The molecule has 2 aromatic rings. The van der Waals surface area contributed by atoms with Crippen LogP contribution >= 0.6 is 11.8 Å². The molecule has 1 aromatic heterocycles. The third kappa shape index (κ3) is 5.98. The first kappa shape index (κ1) is 22.8. The number of hydrogen-bond donors (Lipinski definition) is 1. The maximum absolute atomic E-state index is 13.3. The lowest BCUT2D eigenvalue weighted by Gasteiger charge is -2.19. The fourth-order valence-corrected chi connectivity index (χ4v) is 3.62. The van der Waals surface area contributed by atoms with Gasteiger partial charge in [-0.2, -0.15) is 13.2 Å². The van der Waals surface area contributed by atoms with Crippen LogP contribution in [-0.4, -0.2) is 44.3 Å². The van der Waals surface area contributed by atoms with Crippen LogP contribution in [-0.2, 0) is 24.1 Å². The SMILES string of the molecule is C=CCN(CC=C)C(=O)CSc1ncc(CO)n1Cc1ccccc1C(F)(F)F. The summed E-state index contributed by atoms with van der Waals surface area (Å²) in [7, 11) is 0. The summed E-state index contributed by atoms with van der Waals surface area (Å²) in [5.41, 5.74) is -0.320. The summed E-state index contributed by atoms with van der Waals surface area (Å²) < 4.78 is 41.4. The second-order valence-electron chi connectivity index (χ2n) is 6.10. The van der Waals surface area contributed by atoms with Gasteiger partial charge in [0.2, 0.25) is 5.91 Å². The Hall–Kier alpha value is -2.52. The maximum atomic E-state index is 13.3. The average molecular weight is 425 g/mol. The number of rotatable bonds is 10. The minimum Gasteiger partial charge on any atom is -0.390 e. The molecule has 1 amide bonds. The summed E-state index contributed by atoms with van der Waals surface area (Å²) in [6, 6.07) is 5.26. The van der Waals surface area contributed by atoms with E-state index in [9.17, 15) is 23.1 Å². The Morgan fingerprint density at radius 2 is 1.90 bits per heavy atom. The normalized spacial score (nSPS) is 11.3. The molecular formula is C20H22F3N3O2S. The van der Waals surface area contributed by atoms with Crippen LogP contribution in [0.2, 0.25) is 0 Å². The third-order valence-electron chi connectivity index (χ3n) is 4.09.